The zero-order chi connectivity index (χ0) is 18.3. The number of hydrogen-bond acceptors (Lipinski definition) is 4. The smallest absolute Gasteiger partial charge is 0.276 e. The number of likely N-dealkylation sites (tertiary alicyclic amines) is 1. The lowest BCUT2D eigenvalue weighted by Crippen LogP contribution is -2.37. The average Bonchev–Trinajstić information content (AvgIpc) is 3.21. The summed E-state index contributed by atoms with van der Waals surface area (Å²) < 4.78 is 1.57. The monoisotopic (exact) mass is 353 g/mol. The molecule has 0 spiro atoms. The Balaban J connectivity index is 1.86. The average molecular weight is 353 g/mol. The fourth-order valence-corrected chi connectivity index (χ4v) is 3.83. The minimum absolute atomic E-state index is 0.0280. The van der Waals surface area contributed by atoms with Crippen LogP contribution in [0, 0.1) is 0 Å². The number of anilines is 3. The van der Waals surface area contributed by atoms with Crippen LogP contribution < -0.4 is 10.2 Å². The van der Waals surface area contributed by atoms with Crippen LogP contribution in [0.2, 0.25) is 0 Å². The molecule has 0 unspecified atom stereocenters. The van der Waals surface area contributed by atoms with Crippen molar-refractivity contribution in [1.82, 2.24) is 14.7 Å². The first-order valence-electron chi connectivity index (χ1n) is 9.11. The number of nitrogens with zero attached hydrogens (tertiary/aromatic N) is 4. The third-order valence-corrected chi connectivity index (χ3v) is 5.07. The van der Waals surface area contributed by atoms with Crippen molar-refractivity contribution >= 4 is 28.9 Å². The van der Waals surface area contributed by atoms with E-state index in [0.717, 1.165) is 31.6 Å². The van der Waals surface area contributed by atoms with Crippen molar-refractivity contribution in [2.24, 2.45) is 7.05 Å². The summed E-state index contributed by atoms with van der Waals surface area (Å²) in [6.45, 7) is 4.22. The third kappa shape index (κ3) is 2.68. The number of carbonyl (C=O) groups is 2. The summed E-state index contributed by atoms with van der Waals surface area (Å²) >= 11 is 0. The van der Waals surface area contributed by atoms with Crippen LogP contribution in [0.3, 0.4) is 0 Å². The van der Waals surface area contributed by atoms with Crippen LogP contribution in [0.5, 0.6) is 0 Å². The maximum absolute atomic E-state index is 13.3. The Labute approximate surface area is 152 Å². The van der Waals surface area contributed by atoms with Gasteiger partial charge in [-0.1, -0.05) is 19.1 Å². The summed E-state index contributed by atoms with van der Waals surface area (Å²) in [5.41, 5.74) is 3.13. The van der Waals surface area contributed by atoms with E-state index in [1.165, 1.54) is 0 Å². The topological polar surface area (TPSA) is 70.5 Å². The molecule has 136 valence electrons. The molecule has 2 aromatic rings. The summed E-state index contributed by atoms with van der Waals surface area (Å²) in [6, 6.07) is 7.44. The molecule has 0 saturated carbocycles. The van der Waals surface area contributed by atoms with Gasteiger partial charge in [0.25, 0.3) is 5.91 Å². The second-order valence-corrected chi connectivity index (χ2v) is 6.80. The molecule has 7 heteroatoms. The summed E-state index contributed by atoms with van der Waals surface area (Å²) in [5.74, 6) is -0.265. The first-order valence-corrected chi connectivity index (χ1v) is 9.11. The zero-order valence-electron chi connectivity index (χ0n) is 15.2. The fourth-order valence-electron chi connectivity index (χ4n) is 3.83. The fraction of sp³-hybridized carbons (Fsp3) is 0.421. The molecular formula is C19H23N5O2. The van der Waals surface area contributed by atoms with Gasteiger partial charge in [0.1, 0.15) is 5.69 Å². The summed E-state index contributed by atoms with van der Waals surface area (Å²) in [7, 11) is 1.75. The molecule has 2 amide bonds. The summed E-state index contributed by atoms with van der Waals surface area (Å²) in [4.78, 5) is 30.0. The number of benzene rings is 1. The van der Waals surface area contributed by atoms with Crippen LogP contribution in [0.25, 0.3) is 0 Å². The molecule has 2 aliphatic heterocycles. The molecule has 1 saturated heterocycles. The number of nitrogens with one attached hydrogen (secondary N) is 1. The quantitative estimate of drug-likeness (QED) is 0.919. The number of aromatic nitrogens is 2. The minimum Gasteiger partial charge on any atom is -0.319 e. The second-order valence-electron chi connectivity index (χ2n) is 6.80. The van der Waals surface area contributed by atoms with Crippen LogP contribution in [0.1, 0.15) is 35.9 Å². The molecule has 1 aromatic heterocycles. The van der Waals surface area contributed by atoms with Crippen molar-refractivity contribution < 1.29 is 9.59 Å². The molecule has 0 aliphatic carbocycles. The van der Waals surface area contributed by atoms with Crippen molar-refractivity contribution in [3.05, 3.63) is 35.7 Å². The zero-order valence-corrected chi connectivity index (χ0v) is 15.2. The molecule has 3 heterocycles. The lowest BCUT2D eigenvalue weighted by Gasteiger charge is -2.25. The molecule has 1 N–H and O–H groups in total. The summed E-state index contributed by atoms with van der Waals surface area (Å²) in [5, 5.41) is 7.42. The number of carbonyl (C=O) groups excluding carboxylic acids is 2. The van der Waals surface area contributed by atoms with Crippen molar-refractivity contribution in [2.45, 2.75) is 26.2 Å². The van der Waals surface area contributed by atoms with E-state index < -0.39 is 0 Å². The first-order chi connectivity index (χ1) is 12.6. The highest BCUT2D eigenvalue weighted by Gasteiger charge is 2.35. The van der Waals surface area contributed by atoms with E-state index >= 15 is 0 Å². The standard InChI is InChI=1S/C19H23N5O2/c1-3-13-17-18(22(2)21-13)19(26)20-14-8-4-5-9-15(14)24(17)16(25)12-23-10-6-7-11-23/h4-5,8-9H,3,6-7,10-12H2,1-2H3,(H,20,26). The van der Waals surface area contributed by atoms with Crippen molar-refractivity contribution in [1.29, 1.82) is 0 Å². The largest absolute Gasteiger partial charge is 0.319 e. The Kier molecular flexibility index (Phi) is 4.24. The highest BCUT2D eigenvalue weighted by molar-refractivity contribution is 6.17. The maximum atomic E-state index is 13.3. The van der Waals surface area contributed by atoms with E-state index in [0.29, 0.717) is 35.7 Å². The number of hydrogen-bond donors (Lipinski definition) is 1. The van der Waals surface area contributed by atoms with E-state index in [1.807, 2.05) is 31.2 Å². The molecule has 1 fully saturated rings. The molecular weight excluding hydrogens is 330 g/mol. The van der Waals surface area contributed by atoms with Gasteiger partial charge in [-0.3, -0.25) is 24.1 Å². The van der Waals surface area contributed by atoms with Gasteiger partial charge in [-0.15, -0.1) is 0 Å². The van der Waals surface area contributed by atoms with Gasteiger partial charge < -0.3 is 5.32 Å². The number of amides is 2. The predicted molar refractivity (Wildman–Crippen MR) is 99.8 cm³/mol. The van der Waals surface area contributed by atoms with Gasteiger partial charge in [0.15, 0.2) is 5.69 Å². The molecule has 7 nitrogen and oxygen atoms in total. The number of rotatable bonds is 3. The lowest BCUT2D eigenvalue weighted by molar-refractivity contribution is -0.118. The molecule has 2 aliphatic rings. The molecule has 0 bridgehead atoms. The van der Waals surface area contributed by atoms with Gasteiger partial charge in [0.2, 0.25) is 5.91 Å². The van der Waals surface area contributed by atoms with Gasteiger partial charge in [-0.2, -0.15) is 5.10 Å². The van der Waals surface area contributed by atoms with E-state index in [4.69, 9.17) is 0 Å². The van der Waals surface area contributed by atoms with E-state index in [2.05, 4.69) is 15.3 Å². The van der Waals surface area contributed by atoms with Crippen molar-refractivity contribution in [2.75, 3.05) is 29.9 Å². The molecule has 0 atom stereocenters. The Morgan fingerprint density at radius 3 is 2.69 bits per heavy atom. The van der Waals surface area contributed by atoms with Gasteiger partial charge in [0.05, 0.1) is 23.6 Å². The SMILES string of the molecule is CCc1nn(C)c2c1N(C(=O)CN1CCCC1)c1ccccc1NC2=O. The Morgan fingerprint density at radius 1 is 1.23 bits per heavy atom. The van der Waals surface area contributed by atoms with Gasteiger partial charge >= 0.3 is 0 Å². The van der Waals surface area contributed by atoms with Crippen LogP contribution in [-0.2, 0) is 18.3 Å². The Hall–Kier alpha value is -2.67. The lowest BCUT2D eigenvalue weighted by atomic mass is 10.2. The number of para-hydroxylation sites is 2. The van der Waals surface area contributed by atoms with E-state index in [-0.39, 0.29) is 11.8 Å². The van der Waals surface area contributed by atoms with Crippen LogP contribution in [0.15, 0.2) is 24.3 Å². The third-order valence-electron chi connectivity index (χ3n) is 5.07. The van der Waals surface area contributed by atoms with Gasteiger partial charge in [-0.05, 0) is 44.5 Å². The Bertz CT molecular complexity index is 867. The molecule has 4 rings (SSSR count). The molecule has 26 heavy (non-hydrogen) atoms. The van der Waals surface area contributed by atoms with Gasteiger partial charge in [0, 0.05) is 7.05 Å². The molecule has 1 aromatic carbocycles. The van der Waals surface area contributed by atoms with Crippen LogP contribution >= 0.6 is 0 Å². The number of aryl methyl sites for hydroxylation is 2. The summed E-state index contributed by atoms with van der Waals surface area (Å²) in [6.07, 6.45) is 2.90. The number of fused-ring (bicyclic) bond motifs is 2. The van der Waals surface area contributed by atoms with Crippen LogP contribution in [-0.4, -0.2) is 46.1 Å². The van der Waals surface area contributed by atoms with E-state index in [1.54, 1.807) is 16.6 Å². The first kappa shape index (κ1) is 16.8. The highest BCUT2D eigenvalue weighted by Crippen LogP contribution is 2.40. The van der Waals surface area contributed by atoms with E-state index in [9.17, 15) is 9.59 Å². The minimum atomic E-state index is -0.237. The second kappa shape index (κ2) is 6.57. The van der Waals surface area contributed by atoms with Crippen molar-refractivity contribution in [3.8, 4) is 0 Å². The predicted octanol–water partition coefficient (Wildman–Crippen LogP) is 2.31. The van der Waals surface area contributed by atoms with Crippen molar-refractivity contribution in [3.63, 3.8) is 0 Å². The molecule has 0 radical (unpaired) electrons. The van der Waals surface area contributed by atoms with Gasteiger partial charge in [-0.25, -0.2) is 0 Å². The van der Waals surface area contributed by atoms with Crippen LogP contribution in [0.4, 0.5) is 17.1 Å². The Morgan fingerprint density at radius 2 is 1.96 bits per heavy atom. The normalized spacial score (nSPS) is 16.8. The highest BCUT2D eigenvalue weighted by atomic mass is 16.2. The maximum Gasteiger partial charge on any atom is 0.276 e.